The molecule has 1 fully saturated rings. The highest BCUT2D eigenvalue weighted by atomic mass is 19.4. The molecule has 0 spiro atoms. The van der Waals surface area contributed by atoms with Crippen LogP contribution in [0.25, 0.3) is 0 Å². The van der Waals surface area contributed by atoms with Gasteiger partial charge in [-0.15, -0.1) is 0 Å². The standard InChI is InChI=1S/C24H31N3O3.C2HF3O2/c1-27(2)22-15-20(23(28)25-16-18-9-5-3-6-10-18)13-14-21(22)26-24(29)30-17-19-11-7-4-8-12-19;3-2(4,5)1(6)7/h4,7-8,11-15,18H,3,5-6,9-10,16-17H2,1-2H3,(H,25,28)(H,26,29);(H,6,7). The highest BCUT2D eigenvalue weighted by molar-refractivity contribution is 5.98. The summed E-state index contributed by atoms with van der Waals surface area (Å²) in [5.41, 5.74) is 2.85. The maximum absolute atomic E-state index is 12.6. The van der Waals surface area contributed by atoms with E-state index in [1.807, 2.05) is 49.3 Å². The molecule has 0 bridgehead atoms. The zero-order chi connectivity index (χ0) is 27.4. The number of carbonyl (C=O) groups is 3. The number of amides is 2. The molecule has 11 heteroatoms. The number of hydrogen-bond acceptors (Lipinski definition) is 5. The van der Waals surface area contributed by atoms with Crippen LogP contribution >= 0.6 is 0 Å². The first-order valence-electron chi connectivity index (χ1n) is 11.8. The molecular weight excluding hydrogens is 491 g/mol. The number of ether oxygens (including phenoxy) is 1. The molecule has 0 radical (unpaired) electrons. The van der Waals surface area contributed by atoms with Crippen LogP contribution in [0.1, 0.15) is 48.0 Å². The van der Waals surface area contributed by atoms with E-state index in [9.17, 15) is 22.8 Å². The van der Waals surface area contributed by atoms with E-state index in [2.05, 4.69) is 10.6 Å². The molecule has 202 valence electrons. The Morgan fingerprint density at radius 1 is 1.03 bits per heavy atom. The van der Waals surface area contributed by atoms with Crippen molar-refractivity contribution in [2.75, 3.05) is 30.9 Å². The molecule has 0 aromatic heterocycles. The minimum atomic E-state index is -5.08. The molecule has 0 saturated heterocycles. The zero-order valence-electron chi connectivity index (χ0n) is 20.8. The molecule has 3 N–H and O–H groups in total. The van der Waals surface area contributed by atoms with E-state index in [0.717, 1.165) is 17.8 Å². The molecule has 1 aliphatic rings. The van der Waals surface area contributed by atoms with Crippen LogP contribution in [-0.2, 0) is 16.1 Å². The molecule has 2 aromatic rings. The summed E-state index contributed by atoms with van der Waals surface area (Å²) in [4.78, 5) is 35.6. The largest absolute Gasteiger partial charge is 0.490 e. The van der Waals surface area contributed by atoms with Gasteiger partial charge in [0, 0.05) is 26.2 Å². The van der Waals surface area contributed by atoms with Crippen molar-refractivity contribution in [3.63, 3.8) is 0 Å². The fraction of sp³-hybridized carbons (Fsp3) is 0.423. The van der Waals surface area contributed by atoms with E-state index in [1.54, 1.807) is 18.2 Å². The number of nitrogens with one attached hydrogen (secondary N) is 2. The van der Waals surface area contributed by atoms with Crippen LogP contribution in [0, 0.1) is 5.92 Å². The van der Waals surface area contributed by atoms with Crippen molar-refractivity contribution >= 4 is 29.3 Å². The van der Waals surface area contributed by atoms with Crippen LogP contribution in [0.15, 0.2) is 48.5 Å². The van der Waals surface area contributed by atoms with Gasteiger partial charge in [0.1, 0.15) is 6.61 Å². The van der Waals surface area contributed by atoms with Crippen LogP contribution in [0.4, 0.5) is 29.3 Å². The van der Waals surface area contributed by atoms with Gasteiger partial charge in [-0.3, -0.25) is 10.1 Å². The number of carboxylic acids is 1. The summed E-state index contributed by atoms with van der Waals surface area (Å²) < 4.78 is 37.0. The smallest absolute Gasteiger partial charge is 0.475 e. The quantitative estimate of drug-likeness (QED) is 0.446. The Balaban J connectivity index is 0.000000604. The Labute approximate surface area is 213 Å². The van der Waals surface area contributed by atoms with E-state index >= 15 is 0 Å². The monoisotopic (exact) mass is 523 g/mol. The Morgan fingerprint density at radius 2 is 1.65 bits per heavy atom. The lowest BCUT2D eigenvalue weighted by Gasteiger charge is -2.22. The number of hydrogen-bond donors (Lipinski definition) is 3. The summed E-state index contributed by atoms with van der Waals surface area (Å²) in [6, 6.07) is 14.8. The molecule has 0 atom stereocenters. The number of halogens is 3. The van der Waals surface area contributed by atoms with Gasteiger partial charge in [-0.25, -0.2) is 9.59 Å². The van der Waals surface area contributed by atoms with Crippen LogP contribution in [0.3, 0.4) is 0 Å². The van der Waals surface area contributed by atoms with Crippen molar-refractivity contribution < 1.29 is 37.4 Å². The van der Waals surface area contributed by atoms with Crippen LogP contribution in [0.5, 0.6) is 0 Å². The molecule has 3 rings (SSSR count). The Bertz CT molecular complexity index is 1040. The van der Waals surface area contributed by atoms with E-state index < -0.39 is 18.2 Å². The van der Waals surface area contributed by atoms with Gasteiger partial charge in [0.05, 0.1) is 11.4 Å². The number of carbonyl (C=O) groups excluding carboxylic acids is 2. The number of carboxylic acid groups (broad SMARTS) is 1. The van der Waals surface area contributed by atoms with Gasteiger partial charge in [-0.1, -0.05) is 49.6 Å². The third-order valence-corrected chi connectivity index (χ3v) is 5.71. The Hall–Kier alpha value is -3.76. The fourth-order valence-corrected chi connectivity index (χ4v) is 3.75. The summed E-state index contributed by atoms with van der Waals surface area (Å²) in [7, 11) is 3.75. The highest BCUT2D eigenvalue weighted by Crippen LogP contribution is 2.27. The van der Waals surface area contributed by atoms with Crippen molar-refractivity contribution in [2.45, 2.75) is 44.9 Å². The lowest BCUT2D eigenvalue weighted by atomic mass is 9.89. The van der Waals surface area contributed by atoms with Gasteiger partial charge in [0.15, 0.2) is 0 Å². The van der Waals surface area contributed by atoms with Gasteiger partial charge in [-0.2, -0.15) is 13.2 Å². The maximum atomic E-state index is 12.6. The average Bonchev–Trinajstić information content (AvgIpc) is 2.87. The fourth-order valence-electron chi connectivity index (χ4n) is 3.75. The van der Waals surface area contributed by atoms with Crippen molar-refractivity contribution in [1.82, 2.24) is 5.32 Å². The first kappa shape index (κ1) is 29.5. The summed E-state index contributed by atoms with van der Waals surface area (Å²) >= 11 is 0. The first-order valence-corrected chi connectivity index (χ1v) is 11.8. The van der Waals surface area contributed by atoms with Crippen molar-refractivity contribution in [3.05, 3.63) is 59.7 Å². The number of aliphatic carboxylic acids is 1. The summed E-state index contributed by atoms with van der Waals surface area (Å²) in [5, 5.41) is 13.0. The normalized spacial score (nSPS) is 13.5. The van der Waals surface area contributed by atoms with Gasteiger partial charge in [0.25, 0.3) is 5.91 Å². The maximum Gasteiger partial charge on any atom is 0.490 e. The number of benzene rings is 2. The van der Waals surface area contributed by atoms with Gasteiger partial charge < -0.3 is 20.1 Å². The van der Waals surface area contributed by atoms with Crippen LogP contribution < -0.4 is 15.5 Å². The van der Waals surface area contributed by atoms with Gasteiger partial charge in [0.2, 0.25) is 0 Å². The molecule has 0 aliphatic heterocycles. The molecular formula is C26H32F3N3O5. The Morgan fingerprint density at radius 3 is 2.22 bits per heavy atom. The second-order valence-electron chi connectivity index (χ2n) is 8.83. The predicted molar refractivity (Wildman–Crippen MR) is 134 cm³/mol. The second-order valence-corrected chi connectivity index (χ2v) is 8.83. The highest BCUT2D eigenvalue weighted by Gasteiger charge is 2.38. The molecule has 37 heavy (non-hydrogen) atoms. The number of nitrogens with zero attached hydrogens (tertiary/aromatic N) is 1. The van der Waals surface area contributed by atoms with E-state index in [-0.39, 0.29) is 12.5 Å². The molecule has 8 nitrogen and oxygen atoms in total. The molecule has 2 amide bonds. The van der Waals surface area contributed by atoms with E-state index in [1.165, 1.54) is 32.1 Å². The predicted octanol–water partition coefficient (Wildman–Crippen LogP) is 5.44. The minimum absolute atomic E-state index is 0.0816. The lowest BCUT2D eigenvalue weighted by molar-refractivity contribution is -0.192. The topological polar surface area (TPSA) is 108 Å². The second kappa shape index (κ2) is 14.1. The van der Waals surface area contributed by atoms with E-state index in [0.29, 0.717) is 17.2 Å². The first-order chi connectivity index (χ1) is 17.5. The summed E-state index contributed by atoms with van der Waals surface area (Å²) in [5.74, 6) is -2.26. The molecule has 1 aliphatic carbocycles. The van der Waals surface area contributed by atoms with Crippen LogP contribution in [-0.4, -0.2) is 49.9 Å². The third kappa shape index (κ3) is 10.4. The number of anilines is 2. The van der Waals surface area contributed by atoms with Crippen LogP contribution in [0.2, 0.25) is 0 Å². The molecule has 0 heterocycles. The van der Waals surface area contributed by atoms with Gasteiger partial charge in [-0.05, 0) is 42.5 Å². The minimum Gasteiger partial charge on any atom is -0.475 e. The number of rotatable bonds is 7. The lowest BCUT2D eigenvalue weighted by Crippen LogP contribution is -2.30. The SMILES string of the molecule is CN(C)c1cc(C(=O)NCC2CCCCC2)ccc1NC(=O)OCc1ccccc1.O=C(O)C(F)(F)F. The molecule has 0 unspecified atom stereocenters. The Kier molecular flexibility index (Phi) is 11.2. The summed E-state index contributed by atoms with van der Waals surface area (Å²) in [6.45, 7) is 0.924. The average molecular weight is 524 g/mol. The number of alkyl halides is 3. The van der Waals surface area contributed by atoms with E-state index in [4.69, 9.17) is 14.6 Å². The zero-order valence-corrected chi connectivity index (χ0v) is 20.8. The van der Waals surface area contributed by atoms with Crippen molar-refractivity contribution in [3.8, 4) is 0 Å². The third-order valence-electron chi connectivity index (χ3n) is 5.71. The van der Waals surface area contributed by atoms with Crippen molar-refractivity contribution in [1.29, 1.82) is 0 Å². The summed E-state index contributed by atoms with van der Waals surface area (Å²) in [6.07, 6.45) is 0.585. The molecule has 1 saturated carbocycles. The van der Waals surface area contributed by atoms with Crippen molar-refractivity contribution in [2.24, 2.45) is 5.92 Å². The van der Waals surface area contributed by atoms with Gasteiger partial charge >= 0.3 is 18.2 Å². The molecule has 2 aromatic carbocycles.